The maximum Gasteiger partial charge on any atom is 0.242 e. The molecular weight excluding hydrogens is 419 g/mol. The van der Waals surface area contributed by atoms with E-state index in [1.54, 1.807) is 11.2 Å². The molecule has 2 aromatic heterocycles. The number of aromatic nitrogens is 4. The summed E-state index contributed by atoms with van der Waals surface area (Å²) in [6.45, 7) is 1.68. The van der Waals surface area contributed by atoms with E-state index in [2.05, 4.69) is 25.3 Å². The van der Waals surface area contributed by atoms with Crippen LogP contribution in [0.4, 0.5) is 5.82 Å². The Bertz CT molecular complexity index is 803. The fourth-order valence-electron chi connectivity index (χ4n) is 3.40. The molecule has 10 nitrogen and oxygen atoms in total. The number of amides is 2. The minimum Gasteiger partial charge on any atom is -0.354 e. The zero-order valence-electron chi connectivity index (χ0n) is 16.3. The van der Waals surface area contributed by atoms with E-state index in [4.69, 9.17) is 5.73 Å². The lowest BCUT2D eigenvalue weighted by atomic mass is 10.0. The van der Waals surface area contributed by atoms with Gasteiger partial charge < -0.3 is 25.8 Å². The molecule has 0 spiro atoms. The van der Waals surface area contributed by atoms with Gasteiger partial charge in [0.15, 0.2) is 11.5 Å². The average molecular weight is 447 g/mol. The van der Waals surface area contributed by atoms with Crippen LogP contribution in [0.25, 0.3) is 11.2 Å². The number of nitrogens with two attached hydrogens (primary N) is 1. The number of nitrogens with one attached hydrogen (secondary N) is 2. The molecule has 1 unspecified atom stereocenters. The van der Waals surface area contributed by atoms with Gasteiger partial charge in [0.05, 0.1) is 12.9 Å². The number of hydrogen-bond acceptors (Lipinski definition) is 7. The van der Waals surface area contributed by atoms with Crippen molar-refractivity contribution in [3.63, 3.8) is 0 Å². The van der Waals surface area contributed by atoms with E-state index in [9.17, 15) is 9.59 Å². The Kier molecular flexibility index (Phi) is 10.1. The second kappa shape index (κ2) is 11.7. The van der Waals surface area contributed by atoms with Gasteiger partial charge in [-0.3, -0.25) is 9.59 Å². The van der Waals surface area contributed by atoms with Crippen LogP contribution in [0.15, 0.2) is 12.7 Å². The molecule has 3 rings (SSSR count). The summed E-state index contributed by atoms with van der Waals surface area (Å²) in [4.78, 5) is 43.8. The third kappa shape index (κ3) is 6.15. The van der Waals surface area contributed by atoms with E-state index in [-0.39, 0.29) is 49.2 Å². The number of likely N-dealkylation sites (tertiary alicyclic amines) is 1. The lowest BCUT2D eigenvalue weighted by Crippen LogP contribution is -2.52. The maximum absolute atomic E-state index is 12.9. The number of imidazole rings is 1. The first-order valence-corrected chi connectivity index (χ1v) is 9.21. The molecule has 162 valence electrons. The van der Waals surface area contributed by atoms with Gasteiger partial charge in [0.25, 0.3) is 0 Å². The molecule has 1 atom stereocenters. The molecule has 2 aromatic rings. The predicted molar refractivity (Wildman–Crippen MR) is 115 cm³/mol. The van der Waals surface area contributed by atoms with Crippen LogP contribution in [0.2, 0.25) is 0 Å². The van der Waals surface area contributed by atoms with Crippen LogP contribution in [0.1, 0.15) is 25.7 Å². The lowest BCUT2D eigenvalue weighted by Gasteiger charge is -2.37. The quantitative estimate of drug-likeness (QED) is 0.562. The van der Waals surface area contributed by atoms with Crippen molar-refractivity contribution < 1.29 is 9.59 Å². The van der Waals surface area contributed by atoms with Crippen molar-refractivity contribution >= 4 is 53.6 Å². The Morgan fingerprint density at radius 2 is 2.10 bits per heavy atom. The Labute approximate surface area is 181 Å². The highest BCUT2D eigenvalue weighted by Gasteiger charge is 2.28. The van der Waals surface area contributed by atoms with Crippen molar-refractivity contribution in [2.45, 2.75) is 31.7 Å². The number of aromatic amines is 1. The average Bonchev–Trinajstić information content (AvgIpc) is 3.15. The van der Waals surface area contributed by atoms with E-state index in [0.717, 1.165) is 19.3 Å². The molecule has 2 amide bonds. The highest BCUT2D eigenvalue weighted by molar-refractivity contribution is 5.87. The van der Waals surface area contributed by atoms with Crippen LogP contribution < -0.4 is 16.0 Å². The smallest absolute Gasteiger partial charge is 0.242 e. The summed E-state index contributed by atoms with van der Waals surface area (Å²) in [7, 11) is 1.82. The number of likely N-dealkylation sites (N-methyl/N-ethyl adjacent to an activating group) is 1. The van der Waals surface area contributed by atoms with Crippen LogP contribution in [-0.4, -0.2) is 75.9 Å². The van der Waals surface area contributed by atoms with E-state index in [1.807, 2.05) is 11.9 Å². The van der Waals surface area contributed by atoms with Gasteiger partial charge in [-0.2, -0.15) is 0 Å². The third-order valence-corrected chi connectivity index (χ3v) is 4.79. The summed E-state index contributed by atoms with van der Waals surface area (Å²) in [5.74, 6) is 0.576. The molecule has 0 saturated carbocycles. The van der Waals surface area contributed by atoms with Crippen LogP contribution >= 0.6 is 24.8 Å². The number of carbonyl (C=O) groups is 2. The Morgan fingerprint density at radius 1 is 1.31 bits per heavy atom. The summed E-state index contributed by atoms with van der Waals surface area (Å²) in [6.07, 6.45) is 6.21. The van der Waals surface area contributed by atoms with Gasteiger partial charge in [-0.1, -0.05) is 0 Å². The number of carbonyl (C=O) groups excluding carboxylic acids is 2. The third-order valence-electron chi connectivity index (χ3n) is 4.79. The largest absolute Gasteiger partial charge is 0.354 e. The van der Waals surface area contributed by atoms with Crippen LogP contribution in [0.3, 0.4) is 0 Å². The molecule has 0 bridgehead atoms. The zero-order chi connectivity index (χ0) is 19.2. The van der Waals surface area contributed by atoms with E-state index < -0.39 is 0 Å². The summed E-state index contributed by atoms with van der Waals surface area (Å²) in [5.41, 5.74) is 6.68. The van der Waals surface area contributed by atoms with Gasteiger partial charge >= 0.3 is 0 Å². The number of halogens is 2. The van der Waals surface area contributed by atoms with Crippen LogP contribution in [-0.2, 0) is 9.59 Å². The Balaban J connectivity index is 0.00000210. The molecule has 3 heterocycles. The predicted octanol–water partition coefficient (Wildman–Crippen LogP) is 0.479. The number of piperidine rings is 1. The number of H-pyrrole nitrogens is 1. The summed E-state index contributed by atoms with van der Waals surface area (Å²) >= 11 is 0. The van der Waals surface area contributed by atoms with Gasteiger partial charge in [0, 0.05) is 39.1 Å². The van der Waals surface area contributed by atoms with Crippen molar-refractivity contribution in [3.8, 4) is 0 Å². The highest BCUT2D eigenvalue weighted by atomic mass is 35.5. The summed E-state index contributed by atoms with van der Waals surface area (Å²) in [5, 5.41) is 2.88. The number of nitrogens with zero attached hydrogens (tertiary/aromatic N) is 5. The van der Waals surface area contributed by atoms with Crippen molar-refractivity contribution in [3.05, 3.63) is 12.7 Å². The van der Waals surface area contributed by atoms with Crippen molar-refractivity contribution in [2.75, 3.05) is 38.1 Å². The highest BCUT2D eigenvalue weighted by Crippen LogP contribution is 2.20. The molecule has 1 aliphatic rings. The maximum atomic E-state index is 12.9. The first kappa shape index (κ1) is 24.9. The normalized spacial score (nSPS) is 15.9. The van der Waals surface area contributed by atoms with E-state index >= 15 is 0 Å². The fourth-order valence-corrected chi connectivity index (χ4v) is 3.40. The fraction of sp³-hybridized carbons (Fsp3) is 0.588. The van der Waals surface area contributed by atoms with Crippen LogP contribution in [0, 0.1) is 0 Å². The minimum absolute atomic E-state index is 0. The number of anilines is 1. The zero-order valence-corrected chi connectivity index (χ0v) is 18.0. The minimum atomic E-state index is -0.0739. The molecule has 0 aromatic carbocycles. The van der Waals surface area contributed by atoms with Crippen molar-refractivity contribution in [1.29, 1.82) is 0 Å². The number of fused-ring (bicyclic) bond motifs is 1. The van der Waals surface area contributed by atoms with E-state index in [0.29, 0.717) is 43.0 Å². The Morgan fingerprint density at radius 3 is 2.86 bits per heavy atom. The molecular formula is C17H28Cl2N8O2. The van der Waals surface area contributed by atoms with Gasteiger partial charge in [-0.05, 0) is 19.3 Å². The molecule has 1 fully saturated rings. The van der Waals surface area contributed by atoms with Crippen molar-refractivity contribution in [2.24, 2.45) is 5.73 Å². The standard InChI is InChI=1S/C17H26N8O2.2ClH/c1-24(17-15-16(21-10-20-15)22-11-23-17)9-14(27)25-7-3-2-4-12(25)8-19-13(26)5-6-18;;/h10-12H,2-9,18H2,1H3,(H,19,26)(H,20,21,22,23);2*1H. The van der Waals surface area contributed by atoms with E-state index in [1.165, 1.54) is 6.33 Å². The van der Waals surface area contributed by atoms with Crippen LogP contribution in [0.5, 0.6) is 0 Å². The second-order valence-corrected chi connectivity index (χ2v) is 6.73. The monoisotopic (exact) mass is 446 g/mol. The summed E-state index contributed by atoms with van der Waals surface area (Å²) < 4.78 is 0. The van der Waals surface area contributed by atoms with Gasteiger partial charge in [-0.15, -0.1) is 24.8 Å². The SMILES string of the molecule is CN(CC(=O)N1CCCCC1CNC(=O)CCN)c1ncnc2nc[nH]c12.Cl.Cl. The first-order chi connectivity index (χ1) is 13.1. The lowest BCUT2D eigenvalue weighted by molar-refractivity contribution is -0.134. The van der Waals surface area contributed by atoms with Gasteiger partial charge in [-0.25, -0.2) is 15.0 Å². The number of rotatable bonds is 7. The molecule has 4 N–H and O–H groups in total. The molecule has 0 aliphatic carbocycles. The molecule has 0 radical (unpaired) electrons. The Hall–Kier alpha value is -2.17. The topological polar surface area (TPSA) is 133 Å². The van der Waals surface area contributed by atoms with Gasteiger partial charge in [0.2, 0.25) is 11.8 Å². The second-order valence-electron chi connectivity index (χ2n) is 6.73. The molecule has 12 heteroatoms. The molecule has 1 saturated heterocycles. The summed E-state index contributed by atoms with van der Waals surface area (Å²) in [6, 6.07) is 0.0129. The molecule has 1 aliphatic heterocycles. The van der Waals surface area contributed by atoms with Crippen molar-refractivity contribution in [1.82, 2.24) is 30.2 Å². The van der Waals surface area contributed by atoms with Gasteiger partial charge in [0.1, 0.15) is 11.8 Å². The number of hydrogen-bond donors (Lipinski definition) is 3. The molecule has 29 heavy (non-hydrogen) atoms. The first-order valence-electron chi connectivity index (χ1n) is 9.21.